The van der Waals surface area contributed by atoms with E-state index in [1.165, 1.54) is 12.3 Å². The first-order valence-corrected chi connectivity index (χ1v) is 8.86. The van der Waals surface area contributed by atoms with Gasteiger partial charge in [0.1, 0.15) is 10.4 Å². The highest BCUT2D eigenvalue weighted by Crippen LogP contribution is 2.34. The van der Waals surface area contributed by atoms with E-state index in [0.717, 1.165) is 10.8 Å². The lowest BCUT2D eigenvalue weighted by Crippen LogP contribution is -2.03. The lowest BCUT2D eigenvalue weighted by Gasteiger charge is -2.09. The second-order valence-electron chi connectivity index (χ2n) is 5.50. The van der Waals surface area contributed by atoms with Gasteiger partial charge in [-0.05, 0) is 35.0 Å². The zero-order chi connectivity index (χ0) is 16.7. The minimum atomic E-state index is -3.84. The van der Waals surface area contributed by atoms with Gasteiger partial charge in [0.2, 0.25) is 9.84 Å². The normalized spacial score (nSPS) is 11.8. The van der Waals surface area contributed by atoms with E-state index in [4.69, 9.17) is 0 Å². The lowest BCUT2D eigenvalue weighted by molar-refractivity contribution is 0.464. The van der Waals surface area contributed by atoms with Crippen molar-refractivity contribution in [2.24, 2.45) is 0 Å². The van der Waals surface area contributed by atoms with E-state index in [1.807, 2.05) is 24.3 Å². The van der Waals surface area contributed by atoms with Gasteiger partial charge in [-0.2, -0.15) is 0 Å². The molecule has 0 fully saturated rings. The molecule has 0 bridgehead atoms. The third kappa shape index (κ3) is 2.21. The molecule has 0 saturated carbocycles. The van der Waals surface area contributed by atoms with Crippen molar-refractivity contribution < 1.29 is 13.5 Å². The molecule has 24 heavy (non-hydrogen) atoms. The Balaban J connectivity index is 1.95. The summed E-state index contributed by atoms with van der Waals surface area (Å²) in [6.07, 6.45) is 1.52. The Hall–Kier alpha value is -2.92. The topological polar surface area (TPSA) is 67.3 Å². The number of aromatic hydroxyl groups is 1. The molecule has 1 N–H and O–H groups in total. The number of rotatable bonds is 2. The monoisotopic (exact) mass is 335 g/mol. The van der Waals surface area contributed by atoms with Crippen molar-refractivity contribution in [1.82, 2.24) is 4.98 Å². The summed E-state index contributed by atoms with van der Waals surface area (Å²) in [6.45, 7) is 0. The van der Waals surface area contributed by atoms with E-state index in [9.17, 15) is 13.5 Å². The summed E-state index contributed by atoms with van der Waals surface area (Å²) in [6, 6.07) is 19.0. The number of pyridine rings is 1. The van der Waals surface area contributed by atoms with E-state index in [2.05, 4.69) is 4.98 Å². The van der Waals surface area contributed by atoms with Crippen molar-refractivity contribution in [2.75, 3.05) is 0 Å². The largest absolute Gasteiger partial charge is 0.504 e. The molecule has 0 atom stereocenters. The molecule has 0 aliphatic carbocycles. The van der Waals surface area contributed by atoms with Crippen LogP contribution in [0.3, 0.4) is 0 Å². The molecular weight excluding hydrogens is 322 g/mol. The number of aromatic nitrogens is 1. The van der Waals surface area contributed by atoms with E-state index in [0.29, 0.717) is 5.39 Å². The number of fused-ring (bicyclic) bond motifs is 2. The third-order valence-corrected chi connectivity index (χ3v) is 5.81. The summed E-state index contributed by atoms with van der Waals surface area (Å²) in [7, 11) is -3.84. The van der Waals surface area contributed by atoms with E-state index in [-0.39, 0.29) is 21.1 Å². The van der Waals surface area contributed by atoms with Gasteiger partial charge in [-0.3, -0.25) is 4.98 Å². The minimum absolute atomic E-state index is 0.135. The predicted molar refractivity (Wildman–Crippen MR) is 92.8 cm³/mol. The fourth-order valence-electron chi connectivity index (χ4n) is 2.79. The molecule has 1 heterocycles. The first-order chi connectivity index (χ1) is 11.6. The number of hydrogen-bond acceptors (Lipinski definition) is 4. The molecule has 0 spiro atoms. The van der Waals surface area contributed by atoms with Gasteiger partial charge >= 0.3 is 0 Å². The van der Waals surface area contributed by atoms with Crippen LogP contribution in [-0.4, -0.2) is 18.5 Å². The Bertz CT molecular complexity index is 1180. The zero-order valence-electron chi connectivity index (χ0n) is 12.5. The highest BCUT2D eigenvalue weighted by molar-refractivity contribution is 7.91. The Morgan fingerprint density at radius 1 is 0.792 bits per heavy atom. The first-order valence-electron chi connectivity index (χ1n) is 7.38. The van der Waals surface area contributed by atoms with Crippen LogP contribution in [0.25, 0.3) is 21.7 Å². The van der Waals surface area contributed by atoms with Crippen LogP contribution >= 0.6 is 0 Å². The molecule has 0 saturated heterocycles. The zero-order valence-corrected chi connectivity index (χ0v) is 13.4. The van der Waals surface area contributed by atoms with Gasteiger partial charge in [-0.25, -0.2) is 8.42 Å². The fourth-order valence-corrected chi connectivity index (χ4v) is 4.17. The molecule has 118 valence electrons. The summed E-state index contributed by atoms with van der Waals surface area (Å²) in [5, 5.41) is 12.9. The molecule has 0 aliphatic heterocycles. The molecular formula is C19H13NO3S. The van der Waals surface area contributed by atoms with Gasteiger partial charge in [0, 0.05) is 11.6 Å². The van der Waals surface area contributed by atoms with E-state index in [1.54, 1.807) is 36.4 Å². The van der Waals surface area contributed by atoms with Crippen LogP contribution < -0.4 is 0 Å². The summed E-state index contributed by atoms with van der Waals surface area (Å²) < 4.78 is 25.9. The highest BCUT2D eigenvalue weighted by atomic mass is 32.2. The van der Waals surface area contributed by atoms with Crippen molar-refractivity contribution in [1.29, 1.82) is 0 Å². The molecule has 0 amide bonds. The summed E-state index contributed by atoms with van der Waals surface area (Å²) in [5.41, 5.74) is 0.277. The maximum absolute atomic E-state index is 13.0. The smallest absolute Gasteiger partial charge is 0.210 e. The van der Waals surface area contributed by atoms with Crippen LogP contribution in [0.2, 0.25) is 0 Å². The van der Waals surface area contributed by atoms with Crippen LogP contribution in [-0.2, 0) is 9.84 Å². The van der Waals surface area contributed by atoms with Crippen molar-refractivity contribution in [3.63, 3.8) is 0 Å². The number of benzene rings is 3. The Kier molecular flexibility index (Phi) is 3.25. The summed E-state index contributed by atoms with van der Waals surface area (Å²) in [5.74, 6) is -0.318. The van der Waals surface area contributed by atoms with Crippen LogP contribution in [0, 0.1) is 0 Å². The summed E-state index contributed by atoms with van der Waals surface area (Å²) >= 11 is 0. The van der Waals surface area contributed by atoms with Gasteiger partial charge in [0.15, 0.2) is 5.75 Å². The number of sulfone groups is 1. The predicted octanol–water partition coefficient (Wildman–Crippen LogP) is 3.93. The molecule has 3 aromatic carbocycles. The maximum atomic E-state index is 13.0. The number of phenolic OH excluding ortho intramolecular Hbond substituents is 1. The maximum Gasteiger partial charge on any atom is 0.210 e. The van der Waals surface area contributed by atoms with Crippen LogP contribution in [0.1, 0.15) is 0 Å². The molecule has 0 aliphatic rings. The molecule has 4 nitrogen and oxygen atoms in total. The van der Waals surface area contributed by atoms with Crippen molar-refractivity contribution in [2.45, 2.75) is 9.79 Å². The average Bonchev–Trinajstić information content (AvgIpc) is 2.61. The van der Waals surface area contributed by atoms with Crippen molar-refractivity contribution in [3.05, 3.63) is 72.9 Å². The molecule has 0 radical (unpaired) electrons. The van der Waals surface area contributed by atoms with Gasteiger partial charge in [0.25, 0.3) is 0 Å². The SMILES string of the molecule is O=S(=O)(c1ccc2ccccc2c1)c1ccc2cccnc2c1O. The van der Waals surface area contributed by atoms with E-state index < -0.39 is 9.84 Å². The molecule has 4 aromatic rings. The fraction of sp³-hybridized carbons (Fsp3) is 0. The second kappa shape index (κ2) is 5.32. The van der Waals surface area contributed by atoms with Crippen LogP contribution in [0.15, 0.2) is 82.7 Å². The average molecular weight is 335 g/mol. The first kappa shape index (κ1) is 14.7. The van der Waals surface area contributed by atoms with Crippen molar-refractivity contribution >= 4 is 31.5 Å². The van der Waals surface area contributed by atoms with Gasteiger partial charge < -0.3 is 5.11 Å². The van der Waals surface area contributed by atoms with Crippen molar-refractivity contribution in [3.8, 4) is 5.75 Å². The van der Waals surface area contributed by atoms with E-state index >= 15 is 0 Å². The highest BCUT2D eigenvalue weighted by Gasteiger charge is 2.23. The molecule has 5 heteroatoms. The number of phenols is 1. The quantitative estimate of drug-likeness (QED) is 0.603. The Morgan fingerprint density at radius 3 is 2.33 bits per heavy atom. The van der Waals surface area contributed by atoms with Gasteiger partial charge in [-0.15, -0.1) is 0 Å². The minimum Gasteiger partial charge on any atom is -0.504 e. The molecule has 0 unspecified atom stereocenters. The summed E-state index contributed by atoms with van der Waals surface area (Å²) in [4.78, 5) is 4.09. The third-order valence-electron chi connectivity index (χ3n) is 4.03. The number of hydrogen-bond donors (Lipinski definition) is 1. The molecule has 1 aromatic heterocycles. The lowest BCUT2D eigenvalue weighted by atomic mass is 10.1. The Morgan fingerprint density at radius 2 is 1.50 bits per heavy atom. The van der Waals surface area contributed by atoms with Gasteiger partial charge in [-0.1, -0.05) is 42.5 Å². The number of nitrogens with zero attached hydrogens (tertiary/aromatic N) is 1. The van der Waals surface area contributed by atoms with Crippen LogP contribution in [0.5, 0.6) is 5.75 Å². The Labute approximate surface area is 138 Å². The second-order valence-corrected chi connectivity index (χ2v) is 7.42. The van der Waals surface area contributed by atoms with Crippen LogP contribution in [0.4, 0.5) is 0 Å². The molecule has 4 rings (SSSR count). The standard InChI is InChI=1S/C19H13NO3S/c21-19-17(10-8-14-6-3-11-20-18(14)19)24(22,23)16-9-7-13-4-1-2-5-15(13)12-16/h1-12,21H. The van der Waals surface area contributed by atoms with Gasteiger partial charge in [0.05, 0.1) is 4.90 Å².